The maximum Gasteiger partial charge on any atom is 0.435 e. The van der Waals surface area contributed by atoms with E-state index in [4.69, 9.17) is 14.5 Å². The van der Waals surface area contributed by atoms with E-state index in [2.05, 4.69) is 17.2 Å². The highest BCUT2D eigenvalue weighted by molar-refractivity contribution is 5.88. The van der Waals surface area contributed by atoms with Gasteiger partial charge in [-0.2, -0.15) is 9.78 Å². The van der Waals surface area contributed by atoms with E-state index in [0.717, 1.165) is 36.1 Å². The van der Waals surface area contributed by atoms with Crippen molar-refractivity contribution in [1.29, 1.82) is 0 Å². The lowest BCUT2D eigenvalue weighted by Crippen LogP contribution is -2.27. The van der Waals surface area contributed by atoms with Crippen LogP contribution in [0.3, 0.4) is 0 Å². The number of nitrogens with zero attached hydrogens (tertiary/aromatic N) is 3. The average Bonchev–Trinajstić information content (AvgIpc) is 3.10. The Bertz CT molecular complexity index is 1030. The zero-order valence-corrected chi connectivity index (χ0v) is 17.3. The van der Waals surface area contributed by atoms with Gasteiger partial charge < -0.3 is 9.47 Å². The highest BCUT2D eigenvalue weighted by atomic mass is 16.6. The molecule has 1 aliphatic carbocycles. The van der Waals surface area contributed by atoms with Gasteiger partial charge >= 0.3 is 6.09 Å². The lowest BCUT2D eigenvalue weighted by Gasteiger charge is -2.19. The largest absolute Gasteiger partial charge is 0.493 e. The molecule has 0 atom stereocenters. The summed E-state index contributed by atoms with van der Waals surface area (Å²) >= 11 is 0. The second kappa shape index (κ2) is 7.85. The summed E-state index contributed by atoms with van der Waals surface area (Å²) < 4.78 is 12.6. The number of fused-ring (bicyclic) bond motifs is 2. The molecular formula is C23H27N3O3. The maximum atomic E-state index is 12.3. The van der Waals surface area contributed by atoms with E-state index < -0.39 is 11.7 Å². The van der Waals surface area contributed by atoms with Gasteiger partial charge in [0.15, 0.2) is 0 Å². The highest BCUT2D eigenvalue weighted by Crippen LogP contribution is 2.23. The molecule has 0 unspecified atom stereocenters. The molecule has 2 aromatic heterocycles. The Hall–Kier alpha value is -2.89. The van der Waals surface area contributed by atoms with Gasteiger partial charge in [-0.3, -0.25) is 4.98 Å². The fourth-order valence-corrected chi connectivity index (χ4v) is 3.59. The molecule has 1 aliphatic rings. The standard InChI is InChI=1S/C23H27N3O3/c1-23(2,3)29-22(27)26-21-11-10-19(14-17(21)15-24-26)28-13-12-18-9-8-16-6-4-5-7-20(16)25-18/h8-11,14-15H,4-7,12-13H2,1-3H3. The smallest absolute Gasteiger partial charge is 0.435 e. The zero-order valence-electron chi connectivity index (χ0n) is 17.3. The Kier molecular flexibility index (Phi) is 5.26. The number of aryl methyl sites for hydroxylation is 2. The molecule has 2 heterocycles. The van der Waals surface area contributed by atoms with Gasteiger partial charge in [0.1, 0.15) is 11.4 Å². The molecule has 0 radical (unpaired) electrons. The molecule has 6 nitrogen and oxygen atoms in total. The molecule has 6 heteroatoms. The summed E-state index contributed by atoms with van der Waals surface area (Å²) in [7, 11) is 0. The van der Waals surface area contributed by atoms with Crippen molar-refractivity contribution >= 4 is 17.0 Å². The van der Waals surface area contributed by atoms with Crippen LogP contribution in [0.25, 0.3) is 10.9 Å². The summed E-state index contributed by atoms with van der Waals surface area (Å²) in [6, 6.07) is 9.91. The van der Waals surface area contributed by atoms with Crippen LogP contribution in [0, 0.1) is 0 Å². The van der Waals surface area contributed by atoms with E-state index in [1.807, 2.05) is 39.0 Å². The molecule has 0 bridgehead atoms. The lowest BCUT2D eigenvalue weighted by atomic mass is 9.96. The second-order valence-electron chi connectivity index (χ2n) is 8.47. The normalized spacial score (nSPS) is 13.9. The molecule has 3 aromatic rings. The first-order valence-electron chi connectivity index (χ1n) is 10.2. The number of hydrogen-bond acceptors (Lipinski definition) is 5. The maximum absolute atomic E-state index is 12.3. The minimum Gasteiger partial charge on any atom is -0.493 e. The first-order valence-corrected chi connectivity index (χ1v) is 10.2. The van der Waals surface area contributed by atoms with Crippen LogP contribution in [0.2, 0.25) is 0 Å². The summed E-state index contributed by atoms with van der Waals surface area (Å²) in [5.74, 6) is 0.749. The van der Waals surface area contributed by atoms with Crippen LogP contribution in [0.4, 0.5) is 4.79 Å². The summed E-state index contributed by atoms with van der Waals surface area (Å²) in [4.78, 5) is 17.1. The highest BCUT2D eigenvalue weighted by Gasteiger charge is 2.20. The Morgan fingerprint density at radius 2 is 1.97 bits per heavy atom. The quantitative estimate of drug-likeness (QED) is 0.642. The topological polar surface area (TPSA) is 66.2 Å². The van der Waals surface area contributed by atoms with E-state index in [1.54, 1.807) is 6.20 Å². The summed E-state index contributed by atoms with van der Waals surface area (Å²) in [5, 5.41) is 5.00. The number of benzene rings is 1. The molecule has 0 fully saturated rings. The van der Waals surface area contributed by atoms with Crippen LogP contribution < -0.4 is 4.74 Å². The van der Waals surface area contributed by atoms with Crippen LogP contribution in [0.5, 0.6) is 5.75 Å². The number of pyridine rings is 1. The first kappa shape index (κ1) is 19.4. The number of rotatable bonds is 4. The summed E-state index contributed by atoms with van der Waals surface area (Å²) in [5.41, 5.74) is 3.86. The van der Waals surface area contributed by atoms with E-state index >= 15 is 0 Å². The zero-order chi connectivity index (χ0) is 20.4. The molecule has 0 spiro atoms. The number of hydrogen-bond donors (Lipinski definition) is 0. The van der Waals surface area contributed by atoms with Crippen LogP contribution in [0.1, 0.15) is 50.6 Å². The van der Waals surface area contributed by atoms with Crippen molar-refractivity contribution in [3.63, 3.8) is 0 Å². The van der Waals surface area contributed by atoms with E-state index in [9.17, 15) is 4.79 Å². The Labute approximate surface area is 170 Å². The number of ether oxygens (including phenoxy) is 2. The van der Waals surface area contributed by atoms with E-state index in [1.165, 1.54) is 28.8 Å². The minimum atomic E-state index is -0.566. The van der Waals surface area contributed by atoms with Crippen LogP contribution >= 0.6 is 0 Å². The van der Waals surface area contributed by atoms with Gasteiger partial charge in [-0.1, -0.05) is 6.07 Å². The third-order valence-corrected chi connectivity index (χ3v) is 4.97. The number of carbonyl (C=O) groups is 1. The molecule has 1 aromatic carbocycles. The summed E-state index contributed by atoms with van der Waals surface area (Å²) in [6.45, 7) is 6.05. The monoisotopic (exact) mass is 393 g/mol. The van der Waals surface area contributed by atoms with Gasteiger partial charge in [-0.15, -0.1) is 0 Å². The van der Waals surface area contributed by atoms with Crippen molar-refractivity contribution in [1.82, 2.24) is 14.8 Å². The number of aromatic nitrogens is 3. The Morgan fingerprint density at radius 3 is 2.79 bits per heavy atom. The molecule has 152 valence electrons. The molecule has 0 saturated heterocycles. The molecule has 29 heavy (non-hydrogen) atoms. The van der Waals surface area contributed by atoms with Crippen LogP contribution in [-0.2, 0) is 24.0 Å². The van der Waals surface area contributed by atoms with Crippen LogP contribution in [0.15, 0.2) is 36.5 Å². The van der Waals surface area contributed by atoms with Crippen molar-refractivity contribution in [3.05, 3.63) is 53.5 Å². The molecule has 4 rings (SSSR count). The lowest BCUT2D eigenvalue weighted by molar-refractivity contribution is 0.0522. The summed E-state index contributed by atoms with van der Waals surface area (Å²) in [6.07, 6.45) is 6.67. The molecule has 0 amide bonds. The van der Waals surface area contributed by atoms with Crippen molar-refractivity contribution in [3.8, 4) is 5.75 Å². The average molecular weight is 393 g/mol. The molecule has 0 N–H and O–H groups in total. The Morgan fingerprint density at radius 1 is 1.14 bits per heavy atom. The van der Waals surface area contributed by atoms with Crippen LogP contribution in [-0.4, -0.2) is 33.1 Å². The first-order chi connectivity index (χ1) is 13.9. The van der Waals surface area contributed by atoms with Gasteiger partial charge in [0.2, 0.25) is 0 Å². The van der Waals surface area contributed by atoms with Crippen molar-refractivity contribution < 1.29 is 14.3 Å². The van der Waals surface area contributed by atoms with E-state index in [0.29, 0.717) is 12.1 Å². The fourth-order valence-electron chi connectivity index (χ4n) is 3.59. The third-order valence-electron chi connectivity index (χ3n) is 4.97. The molecular weight excluding hydrogens is 366 g/mol. The second-order valence-corrected chi connectivity index (χ2v) is 8.47. The molecule has 0 saturated carbocycles. The third kappa shape index (κ3) is 4.58. The van der Waals surface area contributed by atoms with Gasteiger partial charge in [-0.05, 0) is 76.3 Å². The van der Waals surface area contributed by atoms with Gasteiger partial charge in [0.25, 0.3) is 0 Å². The predicted octanol–water partition coefficient (Wildman–Crippen LogP) is 4.71. The van der Waals surface area contributed by atoms with Gasteiger partial charge in [0, 0.05) is 23.2 Å². The number of carbonyl (C=O) groups excluding carboxylic acids is 1. The van der Waals surface area contributed by atoms with Crippen molar-refractivity contribution in [2.45, 2.75) is 58.5 Å². The van der Waals surface area contributed by atoms with Gasteiger partial charge in [0.05, 0.1) is 18.3 Å². The predicted molar refractivity (Wildman–Crippen MR) is 111 cm³/mol. The molecule has 0 aliphatic heterocycles. The van der Waals surface area contributed by atoms with Crippen molar-refractivity contribution in [2.75, 3.05) is 6.61 Å². The Balaban J connectivity index is 1.40. The SMILES string of the molecule is CC(C)(C)OC(=O)n1ncc2cc(OCCc3ccc4c(n3)CCCC4)ccc21. The van der Waals surface area contributed by atoms with Gasteiger partial charge in [-0.25, -0.2) is 4.79 Å². The fraction of sp³-hybridized carbons (Fsp3) is 0.435. The minimum absolute atomic E-state index is 0.486. The van der Waals surface area contributed by atoms with E-state index in [-0.39, 0.29) is 0 Å². The van der Waals surface area contributed by atoms with Crippen molar-refractivity contribution in [2.24, 2.45) is 0 Å².